The second-order valence-corrected chi connectivity index (χ2v) is 5.76. The molecule has 4 nitrogen and oxygen atoms in total. The van der Waals surface area contributed by atoms with Gasteiger partial charge < -0.3 is 10.4 Å². The normalized spacial score (nSPS) is 13.6. The monoisotopic (exact) mass is 327 g/mol. The Morgan fingerprint density at radius 3 is 2.63 bits per heavy atom. The zero-order valence-electron chi connectivity index (χ0n) is 11.1. The smallest absolute Gasteiger partial charge is 0.305 e. The molecule has 2 N–H and O–H groups in total. The molecule has 19 heavy (non-hydrogen) atoms. The summed E-state index contributed by atoms with van der Waals surface area (Å²) in [5.41, 5.74) is 0.190. The number of nitrogens with one attached hydrogen (secondary N) is 1. The third-order valence-electron chi connectivity index (χ3n) is 3.02. The quantitative estimate of drug-likeness (QED) is 0.844. The molecule has 1 atom stereocenters. The largest absolute Gasteiger partial charge is 0.481 e. The van der Waals surface area contributed by atoms with Crippen molar-refractivity contribution in [2.75, 3.05) is 0 Å². The Bertz CT molecular complexity index is 476. The molecule has 1 amide bonds. The van der Waals surface area contributed by atoms with E-state index in [4.69, 9.17) is 5.11 Å². The Morgan fingerprint density at radius 2 is 2.11 bits per heavy atom. The molecule has 0 saturated heterocycles. The molecular formula is C14H18BrNO3. The third kappa shape index (κ3) is 5.42. The summed E-state index contributed by atoms with van der Waals surface area (Å²) in [5.74, 6) is -1.07. The topological polar surface area (TPSA) is 66.4 Å². The Balaban J connectivity index is 2.66. The van der Waals surface area contributed by atoms with Crippen LogP contribution in [0.2, 0.25) is 0 Å². The first-order valence-corrected chi connectivity index (χ1v) is 6.91. The molecule has 104 valence electrons. The van der Waals surface area contributed by atoms with E-state index in [-0.39, 0.29) is 18.7 Å². The van der Waals surface area contributed by atoms with Gasteiger partial charge in [0, 0.05) is 10.0 Å². The first-order chi connectivity index (χ1) is 8.84. The second-order valence-electron chi connectivity index (χ2n) is 4.84. The molecule has 0 aromatic heterocycles. The molecule has 0 radical (unpaired) electrons. The van der Waals surface area contributed by atoms with Gasteiger partial charge in [-0.05, 0) is 31.0 Å². The lowest BCUT2D eigenvalue weighted by atomic mass is 9.94. The highest BCUT2D eigenvalue weighted by molar-refractivity contribution is 9.10. The molecule has 0 bridgehead atoms. The summed E-state index contributed by atoms with van der Waals surface area (Å²) < 4.78 is 0.918. The van der Waals surface area contributed by atoms with Gasteiger partial charge in [-0.2, -0.15) is 0 Å². The fourth-order valence-corrected chi connectivity index (χ4v) is 2.25. The Kier molecular flexibility index (Phi) is 5.54. The van der Waals surface area contributed by atoms with Crippen molar-refractivity contribution in [1.82, 2.24) is 5.32 Å². The minimum Gasteiger partial charge on any atom is -0.481 e. The van der Waals surface area contributed by atoms with E-state index in [1.165, 1.54) is 0 Å². The first kappa shape index (κ1) is 15.7. The second kappa shape index (κ2) is 6.70. The van der Waals surface area contributed by atoms with E-state index in [1.54, 1.807) is 6.92 Å². The maximum atomic E-state index is 12.0. The molecule has 5 heteroatoms. The maximum Gasteiger partial charge on any atom is 0.305 e. The molecule has 0 saturated carbocycles. The minimum absolute atomic E-state index is 0.0757. The summed E-state index contributed by atoms with van der Waals surface area (Å²) in [6.45, 7) is 3.61. The molecule has 0 fully saturated rings. The number of hydrogen-bond acceptors (Lipinski definition) is 2. The molecule has 0 spiro atoms. The first-order valence-electron chi connectivity index (χ1n) is 6.12. The van der Waals surface area contributed by atoms with Crippen molar-refractivity contribution < 1.29 is 14.7 Å². The maximum absolute atomic E-state index is 12.0. The minimum atomic E-state index is -0.910. The van der Waals surface area contributed by atoms with Crippen LogP contribution in [0.1, 0.15) is 32.3 Å². The predicted octanol–water partition coefficient (Wildman–Crippen LogP) is 2.75. The van der Waals surface area contributed by atoms with Crippen LogP contribution in [0.5, 0.6) is 0 Å². The van der Waals surface area contributed by atoms with E-state index in [2.05, 4.69) is 21.2 Å². The number of amides is 1. The van der Waals surface area contributed by atoms with Crippen molar-refractivity contribution >= 4 is 27.8 Å². The summed E-state index contributed by atoms with van der Waals surface area (Å²) >= 11 is 3.35. The number of carboxylic acid groups (broad SMARTS) is 1. The number of carboxylic acids is 1. The summed E-state index contributed by atoms with van der Waals surface area (Å²) in [6, 6.07) is 7.50. The highest BCUT2D eigenvalue weighted by Gasteiger charge is 2.27. The Labute approximate surface area is 121 Å². The van der Waals surface area contributed by atoms with E-state index >= 15 is 0 Å². The van der Waals surface area contributed by atoms with Crippen LogP contribution >= 0.6 is 15.9 Å². The SMILES string of the molecule is CCC(C)(CC(=O)O)NC(=O)Cc1cccc(Br)c1. The van der Waals surface area contributed by atoms with E-state index in [0.29, 0.717) is 6.42 Å². The lowest BCUT2D eigenvalue weighted by Crippen LogP contribution is -2.47. The van der Waals surface area contributed by atoms with Crippen molar-refractivity contribution in [3.8, 4) is 0 Å². The van der Waals surface area contributed by atoms with Gasteiger partial charge in [0.15, 0.2) is 0 Å². The third-order valence-corrected chi connectivity index (χ3v) is 3.51. The fourth-order valence-electron chi connectivity index (χ4n) is 1.80. The number of halogens is 1. The Hall–Kier alpha value is -1.36. The van der Waals surface area contributed by atoms with Crippen molar-refractivity contribution in [2.24, 2.45) is 0 Å². The fraction of sp³-hybridized carbons (Fsp3) is 0.429. The molecular weight excluding hydrogens is 310 g/mol. The van der Waals surface area contributed by atoms with E-state index < -0.39 is 11.5 Å². The van der Waals surface area contributed by atoms with Gasteiger partial charge in [-0.15, -0.1) is 0 Å². The highest BCUT2D eigenvalue weighted by atomic mass is 79.9. The van der Waals surface area contributed by atoms with Gasteiger partial charge in [-0.3, -0.25) is 9.59 Å². The van der Waals surface area contributed by atoms with Gasteiger partial charge >= 0.3 is 5.97 Å². The van der Waals surface area contributed by atoms with Crippen LogP contribution in [-0.4, -0.2) is 22.5 Å². The molecule has 0 aliphatic heterocycles. The van der Waals surface area contributed by atoms with Crippen LogP contribution in [0, 0.1) is 0 Å². The van der Waals surface area contributed by atoms with Gasteiger partial charge in [0.05, 0.1) is 12.8 Å². The van der Waals surface area contributed by atoms with Crippen LogP contribution in [-0.2, 0) is 16.0 Å². The predicted molar refractivity (Wildman–Crippen MR) is 76.9 cm³/mol. The Morgan fingerprint density at radius 1 is 1.42 bits per heavy atom. The number of carbonyl (C=O) groups excluding carboxylic acids is 1. The molecule has 1 rings (SSSR count). The van der Waals surface area contributed by atoms with E-state index in [1.807, 2.05) is 31.2 Å². The summed E-state index contributed by atoms with van der Waals surface area (Å²) in [7, 11) is 0. The lowest BCUT2D eigenvalue weighted by Gasteiger charge is -2.28. The highest BCUT2D eigenvalue weighted by Crippen LogP contribution is 2.16. The molecule has 1 aromatic rings. The van der Waals surface area contributed by atoms with Crippen molar-refractivity contribution in [2.45, 2.75) is 38.6 Å². The molecule has 0 aliphatic carbocycles. The molecule has 0 heterocycles. The average Bonchev–Trinajstić information content (AvgIpc) is 2.27. The van der Waals surface area contributed by atoms with Crippen molar-refractivity contribution in [1.29, 1.82) is 0 Å². The standard InChI is InChI=1S/C14H18BrNO3/c1-3-14(2,9-13(18)19)16-12(17)8-10-5-4-6-11(15)7-10/h4-7H,3,8-9H2,1-2H3,(H,16,17)(H,18,19). The summed E-state index contributed by atoms with van der Waals surface area (Å²) in [6.07, 6.45) is 0.742. The van der Waals surface area contributed by atoms with Gasteiger partial charge in [0.1, 0.15) is 0 Å². The van der Waals surface area contributed by atoms with E-state index in [9.17, 15) is 9.59 Å². The van der Waals surface area contributed by atoms with E-state index in [0.717, 1.165) is 10.0 Å². The van der Waals surface area contributed by atoms with Crippen LogP contribution in [0.3, 0.4) is 0 Å². The van der Waals surface area contributed by atoms with Gasteiger partial charge in [-0.25, -0.2) is 0 Å². The summed E-state index contributed by atoms with van der Waals surface area (Å²) in [5, 5.41) is 11.7. The number of rotatable bonds is 6. The van der Waals surface area contributed by atoms with Crippen molar-refractivity contribution in [3.63, 3.8) is 0 Å². The van der Waals surface area contributed by atoms with Gasteiger partial charge in [0.25, 0.3) is 0 Å². The van der Waals surface area contributed by atoms with Crippen LogP contribution in [0.15, 0.2) is 28.7 Å². The molecule has 1 unspecified atom stereocenters. The number of hydrogen-bond donors (Lipinski definition) is 2. The summed E-state index contributed by atoms with van der Waals surface area (Å²) in [4.78, 5) is 22.8. The zero-order chi connectivity index (χ0) is 14.5. The van der Waals surface area contributed by atoms with Crippen molar-refractivity contribution in [3.05, 3.63) is 34.3 Å². The number of carbonyl (C=O) groups is 2. The number of aliphatic carboxylic acids is 1. The lowest BCUT2D eigenvalue weighted by molar-refractivity contribution is -0.139. The van der Waals surface area contributed by atoms with Crippen LogP contribution in [0.25, 0.3) is 0 Å². The zero-order valence-corrected chi connectivity index (χ0v) is 12.7. The van der Waals surface area contributed by atoms with Crippen LogP contribution < -0.4 is 5.32 Å². The van der Waals surface area contributed by atoms with Gasteiger partial charge in [-0.1, -0.05) is 35.0 Å². The molecule has 0 aliphatic rings. The average molecular weight is 328 g/mol. The van der Waals surface area contributed by atoms with Gasteiger partial charge in [0.2, 0.25) is 5.91 Å². The number of benzene rings is 1. The van der Waals surface area contributed by atoms with Crippen LogP contribution in [0.4, 0.5) is 0 Å². The molecule has 1 aromatic carbocycles.